The van der Waals surface area contributed by atoms with Gasteiger partial charge in [-0.2, -0.15) is 0 Å². The topological polar surface area (TPSA) is 29.3 Å². The highest BCUT2D eigenvalue weighted by Crippen LogP contribution is 2.33. The van der Waals surface area contributed by atoms with E-state index in [4.69, 9.17) is 17.3 Å². The molecular weight excluding hydrogens is 251 g/mol. The first kappa shape index (κ1) is 13.8. The van der Waals surface area contributed by atoms with Crippen molar-refractivity contribution in [2.24, 2.45) is 5.73 Å². The van der Waals surface area contributed by atoms with E-state index in [1.165, 1.54) is 12.5 Å². The van der Waals surface area contributed by atoms with Crippen LogP contribution in [-0.4, -0.2) is 24.0 Å². The second-order valence-electron chi connectivity index (χ2n) is 5.04. The van der Waals surface area contributed by atoms with Gasteiger partial charge in [-0.3, -0.25) is 4.90 Å². The summed E-state index contributed by atoms with van der Waals surface area (Å²) in [7, 11) is 0. The lowest BCUT2D eigenvalue weighted by atomic mass is 9.96. The van der Waals surface area contributed by atoms with E-state index < -0.39 is 0 Å². The standard InChI is InChI=1S/C14H20ClFN2/c1-10(17)14(18-8-3-2-4-9-18)13-11(15)6-5-7-12(13)16/h5-7,10,14H,2-4,8-9,17H2,1H3. The summed E-state index contributed by atoms with van der Waals surface area (Å²) in [5, 5.41) is 0.475. The van der Waals surface area contributed by atoms with Crippen LogP contribution in [0.5, 0.6) is 0 Å². The molecule has 0 spiro atoms. The molecule has 2 unspecified atom stereocenters. The fraction of sp³-hybridized carbons (Fsp3) is 0.571. The van der Waals surface area contributed by atoms with Gasteiger partial charge in [-0.25, -0.2) is 4.39 Å². The van der Waals surface area contributed by atoms with E-state index in [1.807, 2.05) is 6.92 Å². The predicted molar refractivity (Wildman–Crippen MR) is 73.2 cm³/mol. The number of hydrogen-bond acceptors (Lipinski definition) is 2. The van der Waals surface area contributed by atoms with Crippen molar-refractivity contribution < 1.29 is 4.39 Å². The third-order valence-electron chi connectivity index (χ3n) is 3.58. The van der Waals surface area contributed by atoms with E-state index in [0.717, 1.165) is 25.9 Å². The van der Waals surface area contributed by atoms with Crippen LogP contribution in [0.3, 0.4) is 0 Å². The van der Waals surface area contributed by atoms with Gasteiger partial charge in [-0.1, -0.05) is 24.1 Å². The average molecular weight is 271 g/mol. The minimum Gasteiger partial charge on any atom is -0.326 e. The molecule has 0 radical (unpaired) electrons. The van der Waals surface area contributed by atoms with Gasteiger partial charge in [-0.05, 0) is 45.0 Å². The van der Waals surface area contributed by atoms with Crippen LogP contribution >= 0.6 is 11.6 Å². The van der Waals surface area contributed by atoms with Gasteiger partial charge in [0.2, 0.25) is 0 Å². The maximum atomic E-state index is 14.0. The molecule has 2 nitrogen and oxygen atoms in total. The van der Waals surface area contributed by atoms with Crippen molar-refractivity contribution in [1.82, 2.24) is 4.90 Å². The van der Waals surface area contributed by atoms with Gasteiger partial charge in [0.1, 0.15) is 5.82 Å². The second-order valence-corrected chi connectivity index (χ2v) is 5.44. The molecule has 1 aliphatic heterocycles. The number of rotatable bonds is 3. The van der Waals surface area contributed by atoms with Crippen LogP contribution in [0, 0.1) is 5.82 Å². The summed E-state index contributed by atoms with van der Waals surface area (Å²) in [4.78, 5) is 2.26. The molecule has 0 bridgehead atoms. The van der Waals surface area contributed by atoms with E-state index in [9.17, 15) is 4.39 Å². The Morgan fingerprint density at radius 3 is 2.50 bits per heavy atom. The van der Waals surface area contributed by atoms with Crippen LogP contribution in [0.4, 0.5) is 4.39 Å². The molecule has 1 aliphatic rings. The molecule has 2 N–H and O–H groups in total. The minimum atomic E-state index is -0.254. The highest BCUT2D eigenvalue weighted by Gasteiger charge is 2.29. The molecule has 1 saturated heterocycles. The van der Waals surface area contributed by atoms with Gasteiger partial charge in [0.25, 0.3) is 0 Å². The van der Waals surface area contributed by atoms with E-state index in [0.29, 0.717) is 10.6 Å². The summed E-state index contributed by atoms with van der Waals surface area (Å²) in [6.07, 6.45) is 3.54. The van der Waals surface area contributed by atoms with Crippen molar-refractivity contribution in [1.29, 1.82) is 0 Å². The number of likely N-dealkylation sites (tertiary alicyclic amines) is 1. The molecule has 1 heterocycles. The van der Waals surface area contributed by atoms with Crippen LogP contribution in [0.15, 0.2) is 18.2 Å². The number of nitrogens with zero attached hydrogens (tertiary/aromatic N) is 1. The third-order valence-corrected chi connectivity index (χ3v) is 3.91. The molecule has 2 atom stereocenters. The Labute approximate surface area is 113 Å². The second kappa shape index (κ2) is 6.00. The normalized spacial score (nSPS) is 20.7. The summed E-state index contributed by atoms with van der Waals surface area (Å²) in [5.41, 5.74) is 6.62. The van der Waals surface area contributed by atoms with Gasteiger partial charge in [0.15, 0.2) is 0 Å². The Morgan fingerprint density at radius 1 is 1.28 bits per heavy atom. The smallest absolute Gasteiger partial charge is 0.129 e. The maximum absolute atomic E-state index is 14.0. The van der Waals surface area contributed by atoms with Crippen molar-refractivity contribution in [3.63, 3.8) is 0 Å². The Morgan fingerprint density at radius 2 is 1.94 bits per heavy atom. The van der Waals surface area contributed by atoms with Crippen molar-refractivity contribution in [2.75, 3.05) is 13.1 Å². The monoisotopic (exact) mass is 270 g/mol. The largest absolute Gasteiger partial charge is 0.326 e. The van der Waals surface area contributed by atoms with Crippen LogP contribution in [0.25, 0.3) is 0 Å². The fourth-order valence-corrected chi connectivity index (χ4v) is 3.04. The lowest BCUT2D eigenvalue weighted by Crippen LogP contribution is -2.42. The Bertz CT molecular complexity index is 383. The molecule has 4 heteroatoms. The number of hydrogen-bond donors (Lipinski definition) is 1. The highest BCUT2D eigenvalue weighted by atomic mass is 35.5. The molecule has 1 aromatic rings. The fourth-order valence-electron chi connectivity index (χ4n) is 2.77. The summed E-state index contributed by atoms with van der Waals surface area (Å²) >= 11 is 6.17. The summed E-state index contributed by atoms with van der Waals surface area (Å²) in [6.45, 7) is 3.86. The van der Waals surface area contributed by atoms with Gasteiger partial charge in [0.05, 0.1) is 6.04 Å². The molecular formula is C14H20ClFN2. The quantitative estimate of drug-likeness (QED) is 0.913. The highest BCUT2D eigenvalue weighted by molar-refractivity contribution is 6.31. The lowest BCUT2D eigenvalue weighted by molar-refractivity contribution is 0.143. The van der Waals surface area contributed by atoms with Gasteiger partial charge >= 0.3 is 0 Å². The van der Waals surface area contributed by atoms with Crippen molar-refractivity contribution in [3.8, 4) is 0 Å². The summed E-state index contributed by atoms with van der Waals surface area (Å²) < 4.78 is 14.0. The van der Waals surface area contributed by atoms with Crippen LogP contribution in [0.2, 0.25) is 5.02 Å². The molecule has 100 valence electrons. The Balaban J connectivity index is 2.34. The van der Waals surface area contributed by atoms with Crippen LogP contribution in [0.1, 0.15) is 37.8 Å². The van der Waals surface area contributed by atoms with Gasteiger partial charge in [0, 0.05) is 16.6 Å². The zero-order chi connectivity index (χ0) is 13.1. The Hall–Kier alpha value is -0.640. The molecule has 18 heavy (non-hydrogen) atoms. The molecule has 2 rings (SSSR count). The number of nitrogens with two attached hydrogens (primary N) is 1. The Kier molecular flexibility index (Phi) is 4.60. The van der Waals surface area contributed by atoms with Crippen LogP contribution in [-0.2, 0) is 0 Å². The predicted octanol–water partition coefficient (Wildman–Crippen LogP) is 3.35. The van der Waals surface area contributed by atoms with Gasteiger partial charge < -0.3 is 5.73 Å². The van der Waals surface area contributed by atoms with E-state index in [2.05, 4.69) is 4.90 Å². The van der Waals surface area contributed by atoms with Gasteiger partial charge in [-0.15, -0.1) is 0 Å². The average Bonchev–Trinajstić information content (AvgIpc) is 2.34. The maximum Gasteiger partial charge on any atom is 0.129 e. The molecule has 1 aromatic carbocycles. The van der Waals surface area contributed by atoms with Crippen LogP contribution < -0.4 is 5.73 Å². The minimum absolute atomic E-state index is 0.126. The third kappa shape index (κ3) is 2.85. The molecule has 0 saturated carbocycles. The van der Waals surface area contributed by atoms with E-state index in [1.54, 1.807) is 12.1 Å². The first-order chi connectivity index (χ1) is 8.61. The molecule has 0 amide bonds. The number of benzene rings is 1. The zero-order valence-corrected chi connectivity index (χ0v) is 11.5. The SMILES string of the molecule is CC(N)C(c1c(F)cccc1Cl)N1CCCCC1. The van der Waals surface area contributed by atoms with Crippen molar-refractivity contribution in [2.45, 2.75) is 38.3 Å². The summed E-state index contributed by atoms with van der Waals surface area (Å²) in [5.74, 6) is -0.254. The molecule has 0 aromatic heterocycles. The van der Waals surface area contributed by atoms with E-state index >= 15 is 0 Å². The lowest BCUT2D eigenvalue weighted by Gasteiger charge is -2.37. The molecule has 1 fully saturated rings. The van der Waals surface area contributed by atoms with Crippen molar-refractivity contribution >= 4 is 11.6 Å². The number of halogens is 2. The molecule has 0 aliphatic carbocycles. The first-order valence-corrected chi connectivity index (χ1v) is 6.92. The summed E-state index contributed by atoms with van der Waals surface area (Å²) in [6, 6.07) is 4.56. The zero-order valence-electron chi connectivity index (χ0n) is 10.7. The van der Waals surface area contributed by atoms with E-state index in [-0.39, 0.29) is 17.9 Å². The first-order valence-electron chi connectivity index (χ1n) is 6.55. The number of piperidine rings is 1. The van der Waals surface area contributed by atoms with Crippen molar-refractivity contribution in [3.05, 3.63) is 34.6 Å².